The third-order valence-corrected chi connectivity index (χ3v) is 3.79. The summed E-state index contributed by atoms with van der Waals surface area (Å²) >= 11 is 4.83. The van der Waals surface area contributed by atoms with Crippen molar-refractivity contribution in [2.45, 2.75) is 6.54 Å². The number of amides is 1. The number of nitrogens with one attached hydrogen (secondary N) is 1. The van der Waals surface area contributed by atoms with Gasteiger partial charge in [0.1, 0.15) is 17.4 Å². The van der Waals surface area contributed by atoms with Crippen LogP contribution in [0.25, 0.3) is 6.08 Å². The first kappa shape index (κ1) is 13.6. The number of thiophene rings is 1. The number of carbonyl (C=O) groups excluding carboxylic acids is 1. The van der Waals surface area contributed by atoms with Gasteiger partial charge in [-0.15, -0.1) is 11.3 Å². The van der Waals surface area contributed by atoms with Crippen LogP contribution in [0.5, 0.6) is 0 Å². The van der Waals surface area contributed by atoms with E-state index in [1.165, 1.54) is 17.6 Å². The van der Waals surface area contributed by atoms with Crippen molar-refractivity contribution in [2.75, 3.05) is 0 Å². The highest BCUT2D eigenvalue weighted by atomic mass is 79.9. The van der Waals surface area contributed by atoms with Crippen LogP contribution in [0.4, 0.5) is 0 Å². The number of hydrogen-bond donors (Lipinski definition) is 1. The second-order valence-corrected chi connectivity index (χ2v) is 5.91. The lowest BCUT2D eigenvalue weighted by Gasteiger charge is -2.01. The van der Waals surface area contributed by atoms with E-state index in [1.807, 2.05) is 17.5 Å². The van der Waals surface area contributed by atoms with Gasteiger partial charge in [-0.05, 0) is 51.1 Å². The first-order valence-corrected chi connectivity index (χ1v) is 7.02. The Bertz CT molecular complexity index is 638. The zero-order valence-electron chi connectivity index (χ0n) is 9.72. The molecule has 0 unspecified atom stereocenters. The van der Waals surface area contributed by atoms with E-state index in [-0.39, 0.29) is 12.1 Å². The number of nitriles is 1. The maximum Gasteiger partial charge on any atom is 0.262 e. The fraction of sp³-hybridized carbons (Fsp3) is 0.0769. The minimum Gasteiger partial charge on any atom is -0.467 e. The van der Waals surface area contributed by atoms with E-state index in [4.69, 9.17) is 9.68 Å². The van der Waals surface area contributed by atoms with Crippen molar-refractivity contribution >= 4 is 39.2 Å². The second kappa shape index (κ2) is 6.36. The molecule has 2 aromatic heterocycles. The van der Waals surface area contributed by atoms with Crippen LogP contribution in [0.15, 0.2) is 43.6 Å². The van der Waals surface area contributed by atoms with Gasteiger partial charge in [-0.25, -0.2) is 0 Å². The van der Waals surface area contributed by atoms with Crippen LogP contribution >= 0.6 is 27.3 Å². The molecule has 0 fully saturated rings. The van der Waals surface area contributed by atoms with Crippen LogP contribution in [-0.2, 0) is 11.3 Å². The van der Waals surface area contributed by atoms with E-state index >= 15 is 0 Å². The molecule has 2 aromatic rings. The lowest BCUT2D eigenvalue weighted by Crippen LogP contribution is -2.23. The molecule has 0 aliphatic rings. The summed E-state index contributed by atoms with van der Waals surface area (Å²) in [6, 6.07) is 7.24. The molecule has 0 saturated carbocycles. The van der Waals surface area contributed by atoms with Gasteiger partial charge in [0.05, 0.1) is 16.6 Å². The lowest BCUT2D eigenvalue weighted by atomic mass is 10.2. The van der Waals surface area contributed by atoms with E-state index in [0.29, 0.717) is 5.76 Å². The van der Waals surface area contributed by atoms with E-state index < -0.39 is 5.91 Å². The fourth-order valence-corrected chi connectivity index (χ4v) is 2.52. The van der Waals surface area contributed by atoms with E-state index in [1.54, 1.807) is 18.2 Å². The van der Waals surface area contributed by atoms with Gasteiger partial charge in [-0.3, -0.25) is 4.79 Å². The number of hydrogen-bond acceptors (Lipinski definition) is 4. The Labute approximate surface area is 122 Å². The summed E-state index contributed by atoms with van der Waals surface area (Å²) in [5, 5.41) is 13.5. The largest absolute Gasteiger partial charge is 0.467 e. The lowest BCUT2D eigenvalue weighted by molar-refractivity contribution is -0.117. The molecule has 6 heteroatoms. The number of carbonyl (C=O) groups is 1. The molecule has 1 N–H and O–H groups in total. The summed E-state index contributed by atoms with van der Waals surface area (Å²) in [6.07, 6.45) is 3.09. The highest BCUT2D eigenvalue weighted by molar-refractivity contribution is 9.11. The molecule has 0 aliphatic heterocycles. The molecule has 1 amide bonds. The van der Waals surface area contributed by atoms with E-state index in [9.17, 15) is 4.79 Å². The summed E-state index contributed by atoms with van der Waals surface area (Å²) in [4.78, 5) is 11.8. The third-order valence-electron chi connectivity index (χ3n) is 2.27. The molecule has 19 heavy (non-hydrogen) atoms. The molecule has 0 bridgehead atoms. The molecule has 0 radical (unpaired) electrons. The van der Waals surface area contributed by atoms with Crippen LogP contribution in [0.3, 0.4) is 0 Å². The molecular weight excluding hydrogens is 328 g/mol. The zero-order valence-corrected chi connectivity index (χ0v) is 12.1. The SMILES string of the molecule is N#C/C(=C\c1csc(Br)c1)C(=O)NCc1ccco1. The first-order chi connectivity index (χ1) is 9.19. The minimum absolute atomic E-state index is 0.0665. The summed E-state index contributed by atoms with van der Waals surface area (Å²) in [6.45, 7) is 0.262. The molecule has 0 atom stereocenters. The smallest absolute Gasteiger partial charge is 0.262 e. The Balaban J connectivity index is 2.03. The average molecular weight is 337 g/mol. The normalized spacial score (nSPS) is 11.1. The summed E-state index contributed by atoms with van der Waals surface area (Å²) < 4.78 is 6.05. The minimum atomic E-state index is -0.416. The Morgan fingerprint density at radius 2 is 2.47 bits per heavy atom. The predicted molar refractivity (Wildman–Crippen MR) is 76.2 cm³/mol. The fourth-order valence-electron chi connectivity index (χ4n) is 1.39. The van der Waals surface area contributed by atoms with Crippen molar-refractivity contribution in [2.24, 2.45) is 0 Å². The van der Waals surface area contributed by atoms with Crippen molar-refractivity contribution in [1.29, 1.82) is 5.26 Å². The number of nitrogens with zero attached hydrogens (tertiary/aromatic N) is 1. The Kier molecular flexibility index (Phi) is 4.55. The van der Waals surface area contributed by atoms with E-state index in [2.05, 4.69) is 21.2 Å². The van der Waals surface area contributed by atoms with Crippen molar-refractivity contribution in [3.05, 3.63) is 50.5 Å². The molecule has 2 rings (SSSR count). The van der Waals surface area contributed by atoms with Gasteiger partial charge in [0, 0.05) is 0 Å². The molecule has 0 spiro atoms. The van der Waals surface area contributed by atoms with E-state index in [0.717, 1.165) is 9.35 Å². The van der Waals surface area contributed by atoms with Gasteiger partial charge in [-0.1, -0.05) is 0 Å². The average Bonchev–Trinajstić information content (AvgIpc) is 3.04. The monoisotopic (exact) mass is 336 g/mol. The van der Waals surface area contributed by atoms with Crippen LogP contribution in [0.1, 0.15) is 11.3 Å². The molecule has 96 valence electrons. The molecule has 0 aromatic carbocycles. The van der Waals surface area contributed by atoms with Gasteiger partial charge >= 0.3 is 0 Å². The third kappa shape index (κ3) is 3.81. The summed E-state index contributed by atoms with van der Waals surface area (Å²) in [5.74, 6) is 0.227. The predicted octanol–water partition coefficient (Wildman–Crippen LogP) is 3.33. The van der Waals surface area contributed by atoms with Gasteiger partial charge in [-0.2, -0.15) is 5.26 Å². The van der Waals surface area contributed by atoms with Gasteiger partial charge in [0.25, 0.3) is 5.91 Å². The standard InChI is InChI=1S/C13H9BrN2O2S/c14-12-5-9(8-19-12)4-10(6-15)13(17)16-7-11-2-1-3-18-11/h1-5,8H,7H2,(H,16,17)/b10-4+. The Hall–Kier alpha value is -1.84. The van der Waals surface area contributed by atoms with Crippen molar-refractivity contribution < 1.29 is 9.21 Å². The highest BCUT2D eigenvalue weighted by Gasteiger charge is 2.09. The number of halogens is 1. The van der Waals surface area contributed by atoms with Crippen LogP contribution in [0.2, 0.25) is 0 Å². The molecule has 0 saturated heterocycles. The topological polar surface area (TPSA) is 66.0 Å². The highest BCUT2D eigenvalue weighted by Crippen LogP contribution is 2.22. The molecule has 4 nitrogen and oxygen atoms in total. The molecule has 0 aliphatic carbocycles. The first-order valence-electron chi connectivity index (χ1n) is 5.35. The van der Waals surface area contributed by atoms with Crippen molar-refractivity contribution in [3.8, 4) is 6.07 Å². The van der Waals surface area contributed by atoms with Gasteiger partial charge in [0.2, 0.25) is 0 Å². The molecule has 2 heterocycles. The zero-order chi connectivity index (χ0) is 13.7. The Morgan fingerprint density at radius 3 is 3.05 bits per heavy atom. The van der Waals surface area contributed by atoms with Crippen LogP contribution in [-0.4, -0.2) is 5.91 Å². The van der Waals surface area contributed by atoms with Gasteiger partial charge in [0.15, 0.2) is 0 Å². The second-order valence-electron chi connectivity index (χ2n) is 3.62. The quantitative estimate of drug-likeness (QED) is 0.687. The Morgan fingerprint density at radius 1 is 1.63 bits per heavy atom. The van der Waals surface area contributed by atoms with Crippen molar-refractivity contribution in [3.63, 3.8) is 0 Å². The maximum atomic E-state index is 11.8. The summed E-state index contributed by atoms with van der Waals surface area (Å²) in [5.41, 5.74) is 0.887. The van der Waals surface area contributed by atoms with Gasteiger partial charge < -0.3 is 9.73 Å². The number of rotatable bonds is 4. The number of furan rings is 1. The summed E-state index contributed by atoms with van der Waals surface area (Å²) in [7, 11) is 0. The molecular formula is C13H9BrN2O2S. The maximum absolute atomic E-state index is 11.8. The van der Waals surface area contributed by atoms with Crippen LogP contribution < -0.4 is 5.32 Å². The van der Waals surface area contributed by atoms with Crippen LogP contribution in [0, 0.1) is 11.3 Å². The van der Waals surface area contributed by atoms with Crippen molar-refractivity contribution in [1.82, 2.24) is 5.32 Å².